The highest BCUT2D eigenvalue weighted by Gasteiger charge is 2.18. The van der Waals surface area contributed by atoms with E-state index in [1.807, 2.05) is 0 Å². The Morgan fingerprint density at radius 1 is 1.07 bits per heavy atom. The number of carbonyl (C=O) groups is 2. The lowest BCUT2D eigenvalue weighted by Crippen LogP contribution is -2.34. The van der Waals surface area contributed by atoms with E-state index in [1.54, 1.807) is 30.5 Å². The van der Waals surface area contributed by atoms with Crippen LogP contribution in [0.1, 0.15) is 26.2 Å². The predicted octanol–water partition coefficient (Wildman–Crippen LogP) is 2.48. The lowest BCUT2D eigenvalue weighted by molar-refractivity contribution is -0.117. The molecule has 0 spiro atoms. The van der Waals surface area contributed by atoms with Crippen LogP contribution in [0.4, 0.5) is 17.1 Å². The zero-order valence-electron chi connectivity index (χ0n) is 15.6. The molecule has 148 valence electrons. The Bertz CT molecular complexity index is 920. The van der Waals surface area contributed by atoms with Crippen LogP contribution in [0.2, 0.25) is 5.02 Å². The lowest BCUT2D eigenvalue weighted by Gasteiger charge is -2.29. The minimum Gasteiger partial charge on any atom is -0.369 e. The molecular weight excluding hydrogens is 382 g/mol. The third-order valence-electron chi connectivity index (χ3n) is 4.45. The molecule has 0 radical (unpaired) electrons. The highest BCUT2D eigenvalue weighted by molar-refractivity contribution is 6.33. The van der Waals surface area contributed by atoms with E-state index < -0.39 is 11.5 Å². The predicted molar refractivity (Wildman–Crippen MR) is 109 cm³/mol. The Balaban J connectivity index is 1.66. The average Bonchev–Trinajstić information content (AvgIpc) is 2.67. The van der Waals surface area contributed by atoms with Gasteiger partial charge in [0.25, 0.3) is 5.56 Å². The Morgan fingerprint density at radius 3 is 2.29 bits per heavy atom. The van der Waals surface area contributed by atoms with Crippen LogP contribution in [-0.4, -0.2) is 34.7 Å². The van der Waals surface area contributed by atoms with Gasteiger partial charge < -0.3 is 15.5 Å². The first-order valence-corrected chi connectivity index (χ1v) is 9.50. The molecule has 1 fully saturated rings. The van der Waals surface area contributed by atoms with E-state index in [-0.39, 0.29) is 17.5 Å². The minimum atomic E-state index is -0.485. The zero-order valence-corrected chi connectivity index (χ0v) is 16.3. The largest absolute Gasteiger partial charge is 0.369 e. The second kappa shape index (κ2) is 8.88. The van der Waals surface area contributed by atoms with E-state index in [2.05, 4.69) is 20.6 Å². The van der Waals surface area contributed by atoms with Crippen LogP contribution in [-0.2, 0) is 16.1 Å². The smallest absolute Gasteiger partial charge is 0.288 e. The Morgan fingerprint density at radius 2 is 1.68 bits per heavy atom. The molecule has 0 bridgehead atoms. The van der Waals surface area contributed by atoms with Crippen molar-refractivity contribution in [3.8, 4) is 0 Å². The van der Waals surface area contributed by atoms with Crippen molar-refractivity contribution in [1.82, 2.24) is 9.78 Å². The normalized spacial score (nSPS) is 13.9. The van der Waals surface area contributed by atoms with Crippen molar-refractivity contribution >= 4 is 40.5 Å². The fraction of sp³-hybridized carbons (Fsp3) is 0.368. The quantitative estimate of drug-likeness (QED) is 0.799. The molecule has 0 unspecified atom stereocenters. The van der Waals surface area contributed by atoms with Crippen LogP contribution >= 0.6 is 11.6 Å². The number of amides is 2. The van der Waals surface area contributed by atoms with Gasteiger partial charge >= 0.3 is 0 Å². The van der Waals surface area contributed by atoms with Crippen LogP contribution in [0.15, 0.2) is 35.3 Å². The number of rotatable bonds is 5. The van der Waals surface area contributed by atoms with E-state index in [0.29, 0.717) is 17.1 Å². The third kappa shape index (κ3) is 4.89. The van der Waals surface area contributed by atoms with Gasteiger partial charge in [-0.05, 0) is 43.5 Å². The summed E-state index contributed by atoms with van der Waals surface area (Å²) in [5, 5.41) is 9.54. The molecule has 28 heavy (non-hydrogen) atoms. The summed E-state index contributed by atoms with van der Waals surface area (Å²) in [7, 11) is 0. The van der Waals surface area contributed by atoms with Gasteiger partial charge in [-0.2, -0.15) is 5.10 Å². The molecule has 8 nitrogen and oxygen atoms in total. The molecule has 2 N–H and O–H groups in total. The van der Waals surface area contributed by atoms with Crippen molar-refractivity contribution in [3.05, 3.63) is 45.8 Å². The van der Waals surface area contributed by atoms with E-state index in [0.717, 1.165) is 30.6 Å². The van der Waals surface area contributed by atoms with Crippen molar-refractivity contribution in [2.45, 2.75) is 32.7 Å². The van der Waals surface area contributed by atoms with Gasteiger partial charge in [-0.15, -0.1) is 0 Å². The van der Waals surface area contributed by atoms with Crippen LogP contribution < -0.4 is 21.1 Å². The Hall–Kier alpha value is -2.87. The van der Waals surface area contributed by atoms with Gasteiger partial charge in [-0.25, -0.2) is 4.68 Å². The maximum atomic E-state index is 12.5. The number of carbonyl (C=O) groups excluding carboxylic acids is 2. The van der Waals surface area contributed by atoms with Gasteiger partial charge in [-0.3, -0.25) is 14.4 Å². The molecular formula is C19H22ClN5O3. The first kappa shape index (κ1) is 19.9. The van der Waals surface area contributed by atoms with Gasteiger partial charge in [0, 0.05) is 31.4 Å². The standard InChI is InChI=1S/C19H22ClN5O3/c1-13(26)22-14-5-7-15(8-6-14)23-17(27)12-25-19(28)18(20)16(11-21-25)24-9-3-2-4-10-24/h5-8,11H,2-4,9-10,12H2,1H3,(H,22,26)(H,23,27). The molecule has 0 atom stereocenters. The van der Waals surface area contributed by atoms with Gasteiger partial charge in [0.2, 0.25) is 11.8 Å². The molecule has 0 aliphatic carbocycles. The second-order valence-electron chi connectivity index (χ2n) is 6.66. The Labute approximate surface area is 167 Å². The third-order valence-corrected chi connectivity index (χ3v) is 4.80. The molecule has 1 aromatic heterocycles. The number of nitrogens with zero attached hydrogens (tertiary/aromatic N) is 3. The number of anilines is 3. The highest BCUT2D eigenvalue weighted by atomic mass is 35.5. The number of nitrogens with one attached hydrogen (secondary N) is 2. The van der Waals surface area contributed by atoms with Gasteiger partial charge in [0.05, 0.1) is 11.9 Å². The maximum Gasteiger partial charge on any atom is 0.288 e. The van der Waals surface area contributed by atoms with Crippen LogP contribution in [0.25, 0.3) is 0 Å². The summed E-state index contributed by atoms with van der Waals surface area (Å²) in [6, 6.07) is 6.66. The van der Waals surface area contributed by atoms with Crippen molar-refractivity contribution in [1.29, 1.82) is 0 Å². The van der Waals surface area contributed by atoms with Gasteiger partial charge in [0.1, 0.15) is 11.6 Å². The molecule has 2 aromatic rings. The van der Waals surface area contributed by atoms with E-state index in [9.17, 15) is 14.4 Å². The SMILES string of the molecule is CC(=O)Nc1ccc(NC(=O)Cn2ncc(N3CCCCC3)c(Cl)c2=O)cc1. The molecule has 1 aliphatic rings. The summed E-state index contributed by atoms with van der Waals surface area (Å²) >= 11 is 6.25. The summed E-state index contributed by atoms with van der Waals surface area (Å²) < 4.78 is 1.05. The van der Waals surface area contributed by atoms with Gasteiger partial charge in [0.15, 0.2) is 0 Å². The highest BCUT2D eigenvalue weighted by Crippen LogP contribution is 2.24. The summed E-state index contributed by atoms with van der Waals surface area (Å²) in [5.41, 5.74) is 1.31. The molecule has 1 aliphatic heterocycles. The fourth-order valence-electron chi connectivity index (χ4n) is 3.10. The zero-order chi connectivity index (χ0) is 20.1. The molecule has 2 heterocycles. The van der Waals surface area contributed by atoms with Crippen molar-refractivity contribution in [2.24, 2.45) is 0 Å². The van der Waals surface area contributed by atoms with Crippen LogP contribution in [0, 0.1) is 0 Å². The lowest BCUT2D eigenvalue weighted by atomic mass is 10.1. The first-order valence-electron chi connectivity index (χ1n) is 9.12. The summed E-state index contributed by atoms with van der Waals surface area (Å²) in [6.07, 6.45) is 4.83. The average molecular weight is 404 g/mol. The number of aromatic nitrogens is 2. The fourth-order valence-corrected chi connectivity index (χ4v) is 3.37. The maximum absolute atomic E-state index is 12.5. The molecule has 3 rings (SSSR count). The van der Waals surface area contributed by atoms with Crippen LogP contribution in [0.5, 0.6) is 0 Å². The van der Waals surface area contributed by atoms with Crippen molar-refractivity contribution < 1.29 is 9.59 Å². The second-order valence-corrected chi connectivity index (χ2v) is 7.04. The number of halogens is 1. The number of hydrogen-bond acceptors (Lipinski definition) is 5. The Kier molecular flexibility index (Phi) is 6.30. The van der Waals surface area contributed by atoms with E-state index in [1.165, 1.54) is 13.3 Å². The van der Waals surface area contributed by atoms with Crippen LogP contribution in [0.3, 0.4) is 0 Å². The van der Waals surface area contributed by atoms with Gasteiger partial charge in [-0.1, -0.05) is 11.6 Å². The molecule has 0 saturated carbocycles. The summed E-state index contributed by atoms with van der Waals surface area (Å²) in [5.74, 6) is -0.573. The molecule has 2 amide bonds. The van der Waals surface area contributed by atoms with E-state index in [4.69, 9.17) is 11.6 Å². The number of piperidine rings is 1. The van der Waals surface area contributed by atoms with E-state index >= 15 is 0 Å². The molecule has 1 aromatic carbocycles. The molecule has 9 heteroatoms. The number of hydrogen-bond donors (Lipinski definition) is 2. The summed E-state index contributed by atoms with van der Waals surface area (Å²) in [4.78, 5) is 37.8. The monoisotopic (exact) mass is 403 g/mol. The topological polar surface area (TPSA) is 96.3 Å². The number of benzene rings is 1. The van der Waals surface area contributed by atoms with Crippen molar-refractivity contribution in [2.75, 3.05) is 28.6 Å². The minimum absolute atomic E-state index is 0.0874. The first-order chi connectivity index (χ1) is 13.4. The summed E-state index contributed by atoms with van der Waals surface area (Å²) in [6.45, 7) is 2.87. The molecule has 1 saturated heterocycles. The van der Waals surface area contributed by atoms with Crippen molar-refractivity contribution in [3.63, 3.8) is 0 Å².